The van der Waals surface area contributed by atoms with E-state index >= 15 is 0 Å². The molecule has 1 aliphatic heterocycles. The van der Waals surface area contributed by atoms with Crippen molar-refractivity contribution in [2.75, 3.05) is 18.5 Å². The molecule has 3 aromatic heterocycles. The minimum Gasteiger partial charge on any atom is -0.376 e. The van der Waals surface area contributed by atoms with Gasteiger partial charge in [-0.05, 0) is 32.3 Å². The van der Waals surface area contributed by atoms with Crippen molar-refractivity contribution in [3.8, 4) is 0 Å². The minimum absolute atomic E-state index is 0.0661. The minimum atomic E-state index is -0.0661. The van der Waals surface area contributed by atoms with Gasteiger partial charge in [-0.2, -0.15) is 0 Å². The SMILES string of the molecule is Cc1sc2nc(CSc3nnc(NCC4CCCO4)s3)[nH]c(=O)c2c1C. The molecule has 4 heterocycles. The van der Waals surface area contributed by atoms with Crippen molar-refractivity contribution in [2.45, 2.75) is 42.9 Å². The normalized spacial score (nSPS) is 17.2. The highest BCUT2D eigenvalue weighted by Crippen LogP contribution is 2.29. The molecule has 0 spiro atoms. The van der Waals surface area contributed by atoms with Gasteiger partial charge >= 0.3 is 0 Å². The van der Waals surface area contributed by atoms with Gasteiger partial charge in [0.15, 0.2) is 4.34 Å². The van der Waals surface area contributed by atoms with E-state index < -0.39 is 0 Å². The molecule has 26 heavy (non-hydrogen) atoms. The van der Waals surface area contributed by atoms with Gasteiger partial charge in [-0.25, -0.2) is 4.98 Å². The molecule has 0 aromatic carbocycles. The first-order valence-electron chi connectivity index (χ1n) is 8.41. The molecule has 7 nitrogen and oxygen atoms in total. The second-order valence-electron chi connectivity index (χ2n) is 6.15. The van der Waals surface area contributed by atoms with Gasteiger partial charge in [0.25, 0.3) is 5.56 Å². The van der Waals surface area contributed by atoms with Gasteiger partial charge in [0.1, 0.15) is 10.7 Å². The molecule has 0 aliphatic carbocycles. The summed E-state index contributed by atoms with van der Waals surface area (Å²) in [6, 6.07) is 0. The van der Waals surface area contributed by atoms with E-state index in [1.165, 1.54) is 23.1 Å². The summed E-state index contributed by atoms with van der Waals surface area (Å²) in [5, 5.41) is 13.1. The molecule has 1 aliphatic rings. The smallest absolute Gasteiger partial charge is 0.259 e. The number of rotatable bonds is 6. The Morgan fingerprint density at radius 3 is 3.04 bits per heavy atom. The third-order valence-corrected chi connectivity index (χ3v) is 7.46. The van der Waals surface area contributed by atoms with Crippen molar-refractivity contribution in [2.24, 2.45) is 0 Å². The Kier molecular flexibility index (Phi) is 5.25. The highest BCUT2D eigenvalue weighted by Gasteiger charge is 2.16. The Bertz CT molecular complexity index is 974. The molecule has 0 radical (unpaired) electrons. The van der Waals surface area contributed by atoms with Crippen molar-refractivity contribution in [1.29, 1.82) is 0 Å². The fraction of sp³-hybridized carbons (Fsp3) is 0.500. The summed E-state index contributed by atoms with van der Waals surface area (Å²) in [6.07, 6.45) is 2.49. The molecule has 1 fully saturated rings. The van der Waals surface area contributed by atoms with Crippen molar-refractivity contribution in [3.63, 3.8) is 0 Å². The van der Waals surface area contributed by atoms with Crippen LogP contribution in [-0.2, 0) is 10.5 Å². The highest BCUT2D eigenvalue weighted by molar-refractivity contribution is 8.00. The van der Waals surface area contributed by atoms with Gasteiger partial charge in [-0.1, -0.05) is 23.1 Å². The Morgan fingerprint density at radius 1 is 1.35 bits per heavy atom. The number of nitrogens with zero attached hydrogens (tertiary/aromatic N) is 3. The summed E-state index contributed by atoms with van der Waals surface area (Å²) in [7, 11) is 0. The van der Waals surface area contributed by atoms with E-state index in [-0.39, 0.29) is 11.7 Å². The summed E-state index contributed by atoms with van der Waals surface area (Å²) >= 11 is 4.60. The Hall–Kier alpha value is -1.49. The fourth-order valence-corrected chi connectivity index (χ4v) is 5.52. The molecule has 138 valence electrons. The maximum Gasteiger partial charge on any atom is 0.259 e. The van der Waals surface area contributed by atoms with E-state index in [1.807, 2.05) is 13.8 Å². The van der Waals surface area contributed by atoms with Crippen LogP contribution in [0.4, 0.5) is 5.13 Å². The zero-order valence-electron chi connectivity index (χ0n) is 14.5. The molecule has 1 atom stereocenters. The number of aromatic amines is 1. The molecule has 2 N–H and O–H groups in total. The van der Waals surface area contributed by atoms with Crippen LogP contribution in [0.15, 0.2) is 9.13 Å². The van der Waals surface area contributed by atoms with Crippen molar-refractivity contribution < 1.29 is 4.74 Å². The van der Waals surface area contributed by atoms with Gasteiger partial charge in [-0.3, -0.25) is 4.79 Å². The third kappa shape index (κ3) is 3.78. The lowest BCUT2D eigenvalue weighted by Gasteiger charge is -2.08. The fourth-order valence-electron chi connectivity index (χ4n) is 2.84. The van der Waals surface area contributed by atoms with Gasteiger partial charge in [0.05, 0.1) is 17.2 Å². The molecule has 1 saturated heterocycles. The van der Waals surface area contributed by atoms with Gasteiger partial charge in [-0.15, -0.1) is 21.5 Å². The van der Waals surface area contributed by atoms with Gasteiger partial charge in [0, 0.05) is 18.0 Å². The van der Waals surface area contributed by atoms with Crippen LogP contribution in [0.25, 0.3) is 10.2 Å². The van der Waals surface area contributed by atoms with E-state index in [4.69, 9.17) is 4.74 Å². The zero-order chi connectivity index (χ0) is 18.1. The number of nitrogens with one attached hydrogen (secondary N) is 2. The maximum absolute atomic E-state index is 12.3. The maximum atomic E-state index is 12.3. The molecule has 3 aromatic rings. The molecule has 0 bridgehead atoms. The largest absolute Gasteiger partial charge is 0.376 e. The van der Waals surface area contributed by atoms with E-state index in [0.717, 1.165) is 50.7 Å². The average Bonchev–Trinajstić information content (AvgIpc) is 3.33. The molecule has 4 rings (SSSR count). The Balaban J connectivity index is 1.39. The van der Waals surface area contributed by atoms with E-state index in [9.17, 15) is 4.79 Å². The van der Waals surface area contributed by atoms with Gasteiger partial charge in [0.2, 0.25) is 5.13 Å². The summed E-state index contributed by atoms with van der Waals surface area (Å²) in [4.78, 5) is 21.7. The van der Waals surface area contributed by atoms with Crippen molar-refractivity contribution in [3.05, 3.63) is 26.6 Å². The van der Waals surface area contributed by atoms with Crippen LogP contribution in [0.2, 0.25) is 0 Å². The number of anilines is 1. The molecular weight excluding hydrogens is 390 g/mol. The lowest BCUT2D eigenvalue weighted by Crippen LogP contribution is -2.18. The molecule has 1 unspecified atom stereocenters. The number of hydrogen-bond donors (Lipinski definition) is 2. The van der Waals surface area contributed by atoms with Crippen LogP contribution < -0.4 is 10.9 Å². The first-order chi connectivity index (χ1) is 12.6. The number of H-pyrrole nitrogens is 1. The second-order valence-corrected chi connectivity index (χ2v) is 9.56. The highest BCUT2D eigenvalue weighted by atomic mass is 32.2. The predicted molar refractivity (Wildman–Crippen MR) is 107 cm³/mol. The molecule has 10 heteroatoms. The standard InChI is InChI=1S/C16H19N5O2S3/c1-8-9(2)25-14-12(8)13(22)18-11(19-14)7-24-16-21-20-15(26-16)17-6-10-4-3-5-23-10/h10H,3-7H2,1-2H3,(H,17,20)(H,18,19,22). The van der Waals surface area contributed by atoms with E-state index in [0.29, 0.717) is 17.0 Å². The molecule has 0 amide bonds. The summed E-state index contributed by atoms with van der Waals surface area (Å²) in [6.45, 7) is 5.60. The number of fused-ring (bicyclic) bond motifs is 1. The second kappa shape index (κ2) is 7.63. The lowest BCUT2D eigenvalue weighted by molar-refractivity contribution is 0.120. The van der Waals surface area contributed by atoms with Crippen LogP contribution in [0.5, 0.6) is 0 Å². The Labute approximate surface area is 162 Å². The lowest BCUT2D eigenvalue weighted by atomic mass is 10.2. The zero-order valence-corrected chi connectivity index (χ0v) is 16.9. The summed E-state index contributed by atoms with van der Waals surface area (Å²) in [5.74, 6) is 1.22. The molecule has 0 saturated carbocycles. The first kappa shape index (κ1) is 17.9. The average molecular weight is 410 g/mol. The van der Waals surface area contributed by atoms with Crippen LogP contribution in [-0.4, -0.2) is 39.4 Å². The van der Waals surface area contributed by atoms with E-state index in [2.05, 4.69) is 25.5 Å². The number of hydrogen-bond acceptors (Lipinski definition) is 9. The Morgan fingerprint density at radius 2 is 2.23 bits per heavy atom. The number of aryl methyl sites for hydroxylation is 2. The molecular formula is C16H19N5O2S3. The van der Waals surface area contributed by atoms with Gasteiger partial charge < -0.3 is 15.0 Å². The monoisotopic (exact) mass is 409 g/mol. The van der Waals surface area contributed by atoms with Crippen LogP contribution in [0.1, 0.15) is 29.1 Å². The number of thiophene rings is 1. The van der Waals surface area contributed by atoms with Crippen molar-refractivity contribution in [1.82, 2.24) is 20.2 Å². The van der Waals surface area contributed by atoms with Crippen LogP contribution >= 0.6 is 34.4 Å². The number of aromatic nitrogens is 4. The quantitative estimate of drug-likeness (QED) is 0.603. The van der Waals surface area contributed by atoms with Crippen LogP contribution in [0.3, 0.4) is 0 Å². The summed E-state index contributed by atoms with van der Waals surface area (Å²) in [5.41, 5.74) is 0.952. The van der Waals surface area contributed by atoms with E-state index in [1.54, 1.807) is 11.3 Å². The first-order valence-corrected chi connectivity index (χ1v) is 11.0. The van der Waals surface area contributed by atoms with Crippen molar-refractivity contribution >= 4 is 49.8 Å². The summed E-state index contributed by atoms with van der Waals surface area (Å²) < 4.78 is 6.44. The predicted octanol–water partition coefficient (Wildman–Crippen LogP) is 3.34. The number of ether oxygens (including phenoxy) is 1. The number of thioether (sulfide) groups is 1. The third-order valence-electron chi connectivity index (χ3n) is 4.33. The topological polar surface area (TPSA) is 92.8 Å². The van der Waals surface area contributed by atoms with Crippen LogP contribution in [0, 0.1) is 13.8 Å².